The summed E-state index contributed by atoms with van der Waals surface area (Å²) in [5.74, 6) is 1.81. The molecular weight excluding hydrogens is 418 g/mol. The zero-order valence-electron chi connectivity index (χ0n) is 19.2. The number of aryl methyl sites for hydroxylation is 1. The minimum atomic E-state index is -0.243. The van der Waals surface area contributed by atoms with Crippen molar-refractivity contribution < 1.29 is 14.4 Å². The van der Waals surface area contributed by atoms with Crippen LogP contribution in [0.25, 0.3) is 39.3 Å². The Morgan fingerprint density at radius 3 is 2.42 bits per heavy atom. The summed E-state index contributed by atoms with van der Waals surface area (Å²) in [5.41, 5.74) is 4.44. The van der Waals surface area contributed by atoms with Crippen LogP contribution in [0.15, 0.2) is 53.1 Å². The molecule has 8 nitrogen and oxygen atoms in total. The first-order valence-electron chi connectivity index (χ1n) is 10.7. The predicted molar refractivity (Wildman–Crippen MR) is 126 cm³/mol. The van der Waals surface area contributed by atoms with Crippen LogP contribution in [0.5, 0.6) is 11.6 Å². The van der Waals surface area contributed by atoms with Crippen molar-refractivity contribution in [2.45, 2.75) is 33.1 Å². The first-order chi connectivity index (χ1) is 15.8. The van der Waals surface area contributed by atoms with Crippen molar-refractivity contribution in [3.63, 3.8) is 0 Å². The zero-order valence-corrected chi connectivity index (χ0v) is 19.2. The Morgan fingerprint density at radius 2 is 1.79 bits per heavy atom. The normalized spacial score (nSPS) is 11.9. The van der Waals surface area contributed by atoms with Gasteiger partial charge in [-0.2, -0.15) is 10.1 Å². The number of nitrogens with zero attached hydrogens (tertiary/aromatic N) is 4. The molecule has 0 radical (unpaired) electrons. The standard InChI is InChI=1S/C25H25N5O3/c1-14-26-23(33-29-14)15-10-12-16(13-11-15)30-21(17-8-6-7-9-18(17)32-5)19-20(24(30)31)27-28-22(19)25(2,3)4/h6-13,27,31H,1-5H3. The number of aromatic nitrogens is 5. The van der Waals surface area contributed by atoms with Gasteiger partial charge in [0, 0.05) is 22.2 Å². The highest BCUT2D eigenvalue weighted by Gasteiger charge is 2.30. The summed E-state index contributed by atoms with van der Waals surface area (Å²) in [7, 11) is 1.64. The summed E-state index contributed by atoms with van der Waals surface area (Å²) in [4.78, 5) is 4.29. The Labute approximate surface area is 190 Å². The van der Waals surface area contributed by atoms with Crippen molar-refractivity contribution in [2.75, 3.05) is 7.11 Å². The molecule has 0 atom stereocenters. The van der Waals surface area contributed by atoms with E-state index in [1.807, 2.05) is 53.1 Å². The molecule has 0 aliphatic carbocycles. The molecule has 0 aliphatic rings. The number of methoxy groups -OCH3 is 1. The number of aromatic amines is 1. The number of para-hydroxylation sites is 1. The van der Waals surface area contributed by atoms with Crippen LogP contribution < -0.4 is 4.74 Å². The average molecular weight is 444 g/mol. The third-order valence-electron chi connectivity index (χ3n) is 5.63. The van der Waals surface area contributed by atoms with Gasteiger partial charge >= 0.3 is 0 Å². The molecule has 0 saturated carbocycles. The lowest BCUT2D eigenvalue weighted by Gasteiger charge is -2.18. The fraction of sp³-hybridized carbons (Fsp3) is 0.240. The number of nitrogens with one attached hydrogen (secondary N) is 1. The summed E-state index contributed by atoms with van der Waals surface area (Å²) < 4.78 is 12.8. The molecule has 0 bridgehead atoms. The second kappa shape index (κ2) is 7.51. The third kappa shape index (κ3) is 3.34. The molecule has 2 N–H and O–H groups in total. The van der Waals surface area contributed by atoms with E-state index >= 15 is 0 Å². The van der Waals surface area contributed by atoms with Gasteiger partial charge in [-0.15, -0.1) is 0 Å². The molecule has 2 aromatic carbocycles. The highest BCUT2D eigenvalue weighted by Crippen LogP contribution is 2.46. The summed E-state index contributed by atoms with van der Waals surface area (Å²) in [6.45, 7) is 8.08. The molecule has 3 heterocycles. The number of hydrogen-bond acceptors (Lipinski definition) is 6. The molecule has 0 aliphatic heterocycles. The summed E-state index contributed by atoms with van der Waals surface area (Å²) in [5, 5.41) is 23.6. The quantitative estimate of drug-likeness (QED) is 0.386. The molecule has 8 heteroatoms. The number of aromatic hydroxyl groups is 1. The van der Waals surface area contributed by atoms with Crippen LogP contribution in [0.3, 0.4) is 0 Å². The average Bonchev–Trinajstić information content (AvgIpc) is 3.49. The van der Waals surface area contributed by atoms with Crippen LogP contribution in [0.4, 0.5) is 0 Å². The molecule has 0 amide bonds. The molecule has 5 aromatic rings. The number of ether oxygens (including phenoxy) is 1. The van der Waals surface area contributed by atoms with Gasteiger partial charge in [0.2, 0.25) is 5.88 Å². The fourth-order valence-corrected chi connectivity index (χ4v) is 4.12. The number of benzene rings is 2. The molecule has 0 unspecified atom stereocenters. The maximum Gasteiger partial charge on any atom is 0.257 e. The van der Waals surface area contributed by atoms with E-state index in [1.165, 1.54) is 0 Å². The van der Waals surface area contributed by atoms with Crippen LogP contribution in [0.1, 0.15) is 32.3 Å². The number of H-pyrrole nitrogens is 1. The van der Waals surface area contributed by atoms with Gasteiger partial charge in [-0.1, -0.05) is 38.1 Å². The molecular formula is C25H25N5O3. The van der Waals surface area contributed by atoms with Crippen molar-refractivity contribution >= 4 is 10.9 Å². The van der Waals surface area contributed by atoms with E-state index in [-0.39, 0.29) is 11.3 Å². The SMILES string of the molecule is COc1ccccc1-c1c2c(C(C)(C)C)n[nH]c2c(O)n1-c1ccc(-c2nc(C)no2)cc1. The third-order valence-corrected chi connectivity index (χ3v) is 5.63. The second-order valence-electron chi connectivity index (χ2n) is 8.97. The van der Waals surface area contributed by atoms with Gasteiger partial charge in [0.15, 0.2) is 5.82 Å². The van der Waals surface area contributed by atoms with Gasteiger partial charge < -0.3 is 14.4 Å². The van der Waals surface area contributed by atoms with Crippen LogP contribution >= 0.6 is 0 Å². The van der Waals surface area contributed by atoms with Crippen molar-refractivity contribution in [1.82, 2.24) is 24.9 Å². The van der Waals surface area contributed by atoms with E-state index in [1.54, 1.807) is 14.0 Å². The van der Waals surface area contributed by atoms with Crippen molar-refractivity contribution in [3.05, 3.63) is 60.0 Å². The first-order valence-corrected chi connectivity index (χ1v) is 10.7. The van der Waals surface area contributed by atoms with Crippen LogP contribution in [-0.2, 0) is 5.41 Å². The minimum Gasteiger partial charge on any atom is -0.496 e. The van der Waals surface area contributed by atoms with E-state index in [9.17, 15) is 5.11 Å². The lowest BCUT2D eigenvalue weighted by Crippen LogP contribution is -2.12. The Morgan fingerprint density at radius 1 is 1.06 bits per heavy atom. The van der Waals surface area contributed by atoms with E-state index in [4.69, 9.17) is 9.26 Å². The summed E-state index contributed by atoms with van der Waals surface area (Å²) >= 11 is 0. The first kappa shape index (κ1) is 20.8. The predicted octanol–water partition coefficient (Wildman–Crippen LogP) is 5.39. The van der Waals surface area contributed by atoms with Gasteiger partial charge in [0.25, 0.3) is 5.89 Å². The van der Waals surface area contributed by atoms with Crippen molar-refractivity contribution in [1.29, 1.82) is 0 Å². The molecule has 3 aromatic heterocycles. The number of hydrogen-bond donors (Lipinski definition) is 2. The van der Waals surface area contributed by atoms with E-state index in [0.717, 1.165) is 33.6 Å². The molecule has 0 saturated heterocycles. The Bertz CT molecular complexity index is 1450. The van der Waals surface area contributed by atoms with Gasteiger partial charge in [0.05, 0.1) is 23.9 Å². The van der Waals surface area contributed by atoms with Crippen LogP contribution in [0.2, 0.25) is 0 Å². The van der Waals surface area contributed by atoms with Gasteiger partial charge in [-0.25, -0.2) is 0 Å². The monoisotopic (exact) mass is 443 g/mol. The highest BCUT2D eigenvalue weighted by molar-refractivity contribution is 6.02. The Kier molecular flexibility index (Phi) is 4.74. The maximum absolute atomic E-state index is 11.3. The molecule has 33 heavy (non-hydrogen) atoms. The van der Waals surface area contributed by atoms with Gasteiger partial charge in [0.1, 0.15) is 11.3 Å². The fourth-order valence-electron chi connectivity index (χ4n) is 4.12. The smallest absolute Gasteiger partial charge is 0.257 e. The lowest BCUT2D eigenvalue weighted by atomic mass is 9.89. The largest absolute Gasteiger partial charge is 0.496 e. The van der Waals surface area contributed by atoms with Gasteiger partial charge in [-0.3, -0.25) is 9.67 Å². The summed E-state index contributed by atoms with van der Waals surface area (Å²) in [6.07, 6.45) is 0. The molecule has 5 rings (SSSR count). The minimum absolute atomic E-state index is 0.0790. The number of rotatable bonds is 4. The van der Waals surface area contributed by atoms with Crippen molar-refractivity contribution in [2.24, 2.45) is 0 Å². The number of fused-ring (bicyclic) bond motifs is 1. The second-order valence-corrected chi connectivity index (χ2v) is 8.97. The van der Waals surface area contributed by atoms with Crippen LogP contribution in [-0.4, -0.2) is 37.1 Å². The molecule has 0 spiro atoms. The molecule has 168 valence electrons. The topological polar surface area (TPSA) is 102 Å². The zero-order chi connectivity index (χ0) is 23.3. The van der Waals surface area contributed by atoms with Gasteiger partial charge in [-0.05, 0) is 43.3 Å². The maximum atomic E-state index is 11.3. The van der Waals surface area contributed by atoms with E-state index in [2.05, 4.69) is 41.1 Å². The van der Waals surface area contributed by atoms with Crippen molar-refractivity contribution in [3.8, 4) is 40.0 Å². The Balaban J connectivity index is 1.79. The lowest BCUT2D eigenvalue weighted by molar-refractivity contribution is 0.416. The summed E-state index contributed by atoms with van der Waals surface area (Å²) in [6, 6.07) is 15.4. The molecule has 0 fully saturated rings. The highest BCUT2D eigenvalue weighted by atomic mass is 16.5. The van der Waals surface area contributed by atoms with Crippen LogP contribution in [0, 0.1) is 6.92 Å². The Hall–Kier alpha value is -4.07. The van der Waals surface area contributed by atoms with E-state index < -0.39 is 0 Å². The van der Waals surface area contributed by atoms with E-state index in [0.29, 0.717) is 23.0 Å².